The summed E-state index contributed by atoms with van der Waals surface area (Å²) in [5.41, 5.74) is 6.02. The van der Waals surface area contributed by atoms with E-state index in [9.17, 15) is 9.59 Å². The molecule has 3 rings (SSSR count). The van der Waals surface area contributed by atoms with Gasteiger partial charge in [-0.3, -0.25) is 20.4 Å². The van der Waals surface area contributed by atoms with Crippen LogP contribution in [0.25, 0.3) is 10.9 Å². The van der Waals surface area contributed by atoms with Gasteiger partial charge in [0.05, 0.1) is 18.7 Å². The smallest absolute Gasteiger partial charge is 0.288 e. The third-order valence-corrected chi connectivity index (χ3v) is 3.93. The molecule has 3 aromatic rings. The summed E-state index contributed by atoms with van der Waals surface area (Å²) in [6, 6.07) is 15.7. The van der Waals surface area contributed by atoms with Crippen molar-refractivity contribution >= 4 is 22.7 Å². The zero-order valence-corrected chi connectivity index (χ0v) is 15.7. The lowest BCUT2D eigenvalue weighted by Crippen LogP contribution is -2.41. The highest BCUT2D eigenvalue weighted by Crippen LogP contribution is 2.28. The fraction of sp³-hybridized carbons (Fsp3) is 0.190. The second kappa shape index (κ2) is 8.85. The third-order valence-electron chi connectivity index (χ3n) is 3.93. The Morgan fingerprint density at radius 2 is 1.57 bits per heavy atom. The predicted octanol–water partition coefficient (Wildman–Crippen LogP) is 3.11. The maximum atomic E-state index is 12.4. The van der Waals surface area contributed by atoms with Crippen LogP contribution in [0.2, 0.25) is 0 Å². The van der Waals surface area contributed by atoms with E-state index < -0.39 is 11.8 Å². The summed E-state index contributed by atoms with van der Waals surface area (Å²) < 4.78 is 11.0. The lowest BCUT2D eigenvalue weighted by atomic mass is 10.2. The maximum absolute atomic E-state index is 12.4. The van der Waals surface area contributed by atoms with Gasteiger partial charge in [0.25, 0.3) is 11.8 Å². The molecule has 0 radical (unpaired) electrons. The van der Waals surface area contributed by atoms with Gasteiger partial charge in [0, 0.05) is 10.9 Å². The van der Waals surface area contributed by atoms with Crippen LogP contribution in [0.15, 0.2) is 54.6 Å². The van der Waals surface area contributed by atoms with Gasteiger partial charge in [-0.15, -0.1) is 0 Å². The zero-order chi connectivity index (χ0) is 19.9. The molecule has 0 atom stereocenters. The number of para-hydroxylation sites is 1. The van der Waals surface area contributed by atoms with E-state index in [1.165, 1.54) is 0 Å². The van der Waals surface area contributed by atoms with Gasteiger partial charge in [-0.25, -0.2) is 4.98 Å². The van der Waals surface area contributed by atoms with Crippen molar-refractivity contribution in [3.8, 4) is 11.5 Å². The lowest BCUT2D eigenvalue weighted by Gasteiger charge is -2.13. The highest BCUT2D eigenvalue weighted by molar-refractivity contribution is 5.99. The van der Waals surface area contributed by atoms with Crippen LogP contribution in [0.1, 0.15) is 34.7 Å². The van der Waals surface area contributed by atoms with Gasteiger partial charge in [-0.1, -0.05) is 24.3 Å². The third kappa shape index (κ3) is 4.37. The summed E-state index contributed by atoms with van der Waals surface area (Å²) in [6.45, 7) is 4.64. The molecular weight excluding hydrogens is 358 g/mol. The van der Waals surface area contributed by atoms with Gasteiger partial charge in [0.1, 0.15) is 5.69 Å². The van der Waals surface area contributed by atoms with Gasteiger partial charge in [0.15, 0.2) is 11.5 Å². The summed E-state index contributed by atoms with van der Waals surface area (Å²) >= 11 is 0. The largest absolute Gasteiger partial charge is 0.490 e. The van der Waals surface area contributed by atoms with Crippen molar-refractivity contribution < 1.29 is 19.1 Å². The monoisotopic (exact) mass is 379 g/mol. The number of benzene rings is 2. The first-order valence-electron chi connectivity index (χ1n) is 8.98. The SMILES string of the molecule is CCOc1ccc(C(=O)NNC(=O)c2ccc3ccccc3n2)cc1OCC. The van der Waals surface area contributed by atoms with Crippen molar-refractivity contribution in [2.24, 2.45) is 0 Å². The predicted molar refractivity (Wildman–Crippen MR) is 105 cm³/mol. The molecule has 1 aromatic heterocycles. The Balaban J connectivity index is 1.68. The summed E-state index contributed by atoms with van der Waals surface area (Å²) in [6.07, 6.45) is 0. The number of hydrogen-bond donors (Lipinski definition) is 2. The molecule has 2 aromatic carbocycles. The van der Waals surface area contributed by atoms with E-state index in [0.29, 0.717) is 35.8 Å². The second-order valence-electron chi connectivity index (χ2n) is 5.82. The van der Waals surface area contributed by atoms with Crippen molar-refractivity contribution in [1.29, 1.82) is 0 Å². The van der Waals surface area contributed by atoms with Crippen LogP contribution in [0.5, 0.6) is 11.5 Å². The van der Waals surface area contributed by atoms with Crippen LogP contribution in [-0.2, 0) is 0 Å². The topological polar surface area (TPSA) is 89.6 Å². The molecule has 0 fully saturated rings. The van der Waals surface area contributed by atoms with Crippen molar-refractivity contribution in [2.45, 2.75) is 13.8 Å². The fourth-order valence-corrected chi connectivity index (χ4v) is 2.63. The molecular formula is C21H21N3O4. The molecule has 0 aliphatic carbocycles. The average Bonchev–Trinajstić information content (AvgIpc) is 2.73. The molecule has 0 saturated carbocycles. The normalized spacial score (nSPS) is 10.4. The van der Waals surface area contributed by atoms with Crippen molar-refractivity contribution in [3.05, 3.63) is 65.9 Å². The second-order valence-corrected chi connectivity index (χ2v) is 5.82. The minimum absolute atomic E-state index is 0.209. The van der Waals surface area contributed by atoms with E-state index in [1.807, 2.05) is 38.1 Å². The van der Waals surface area contributed by atoms with Crippen molar-refractivity contribution in [3.63, 3.8) is 0 Å². The Bertz CT molecular complexity index is 1000. The quantitative estimate of drug-likeness (QED) is 0.643. The van der Waals surface area contributed by atoms with E-state index in [1.54, 1.807) is 30.3 Å². The molecule has 0 spiro atoms. The van der Waals surface area contributed by atoms with Crippen LogP contribution in [0, 0.1) is 0 Å². The first-order chi connectivity index (χ1) is 13.6. The Morgan fingerprint density at radius 3 is 2.36 bits per heavy atom. The fourth-order valence-electron chi connectivity index (χ4n) is 2.63. The van der Waals surface area contributed by atoms with E-state index in [4.69, 9.17) is 9.47 Å². The molecule has 7 heteroatoms. The summed E-state index contributed by atoms with van der Waals surface area (Å²) in [7, 11) is 0. The molecule has 28 heavy (non-hydrogen) atoms. The summed E-state index contributed by atoms with van der Waals surface area (Å²) in [5, 5.41) is 0.931. The van der Waals surface area contributed by atoms with Crippen LogP contribution < -0.4 is 20.3 Å². The minimum Gasteiger partial charge on any atom is -0.490 e. The van der Waals surface area contributed by atoms with E-state index >= 15 is 0 Å². The van der Waals surface area contributed by atoms with Crippen LogP contribution >= 0.6 is 0 Å². The van der Waals surface area contributed by atoms with E-state index in [0.717, 1.165) is 5.39 Å². The van der Waals surface area contributed by atoms with Crippen molar-refractivity contribution in [2.75, 3.05) is 13.2 Å². The Hall–Kier alpha value is -3.61. The number of hydrogen-bond acceptors (Lipinski definition) is 5. The van der Waals surface area contributed by atoms with Gasteiger partial charge in [-0.2, -0.15) is 0 Å². The van der Waals surface area contributed by atoms with E-state index in [2.05, 4.69) is 15.8 Å². The van der Waals surface area contributed by atoms with Gasteiger partial charge < -0.3 is 9.47 Å². The number of fused-ring (bicyclic) bond motifs is 1. The molecule has 0 unspecified atom stereocenters. The van der Waals surface area contributed by atoms with Crippen LogP contribution in [0.3, 0.4) is 0 Å². The molecule has 7 nitrogen and oxygen atoms in total. The molecule has 0 aliphatic rings. The van der Waals surface area contributed by atoms with Crippen LogP contribution in [-0.4, -0.2) is 30.0 Å². The molecule has 0 aliphatic heterocycles. The van der Waals surface area contributed by atoms with Crippen LogP contribution in [0.4, 0.5) is 0 Å². The zero-order valence-electron chi connectivity index (χ0n) is 15.7. The summed E-state index contributed by atoms with van der Waals surface area (Å²) in [5.74, 6) is 0.0537. The number of carbonyl (C=O) groups is 2. The number of rotatable bonds is 6. The van der Waals surface area contributed by atoms with E-state index in [-0.39, 0.29) is 5.69 Å². The Kier molecular flexibility index (Phi) is 6.06. The minimum atomic E-state index is -0.505. The number of aromatic nitrogens is 1. The number of hydrazine groups is 1. The number of nitrogens with zero attached hydrogens (tertiary/aromatic N) is 1. The summed E-state index contributed by atoms with van der Waals surface area (Å²) in [4.78, 5) is 29.0. The number of pyridine rings is 1. The molecule has 2 amide bonds. The number of ether oxygens (including phenoxy) is 2. The number of carbonyl (C=O) groups excluding carboxylic acids is 2. The maximum Gasteiger partial charge on any atom is 0.288 e. The van der Waals surface area contributed by atoms with Gasteiger partial charge >= 0.3 is 0 Å². The standard InChI is InChI=1S/C21H21N3O4/c1-3-27-18-12-10-15(13-19(18)28-4-2)20(25)23-24-21(26)17-11-9-14-7-5-6-8-16(14)22-17/h5-13H,3-4H2,1-2H3,(H,23,25)(H,24,26). The molecule has 144 valence electrons. The molecule has 1 heterocycles. The lowest BCUT2D eigenvalue weighted by molar-refractivity contribution is 0.0844. The van der Waals surface area contributed by atoms with Crippen molar-refractivity contribution in [1.82, 2.24) is 15.8 Å². The van der Waals surface area contributed by atoms with Gasteiger partial charge in [0.2, 0.25) is 0 Å². The highest BCUT2D eigenvalue weighted by Gasteiger charge is 2.14. The average molecular weight is 379 g/mol. The number of amides is 2. The molecule has 2 N–H and O–H groups in total. The van der Waals surface area contributed by atoms with Gasteiger partial charge in [-0.05, 0) is 44.2 Å². The molecule has 0 bridgehead atoms. The highest BCUT2D eigenvalue weighted by atomic mass is 16.5. The number of nitrogens with one attached hydrogen (secondary N) is 2. The first-order valence-corrected chi connectivity index (χ1v) is 8.98. The Morgan fingerprint density at radius 1 is 0.857 bits per heavy atom. The Labute approximate surface area is 162 Å². The first kappa shape index (κ1) is 19.2. The molecule has 0 saturated heterocycles.